The molecule has 0 aromatic heterocycles. The number of nitrogen functional groups attached to an aromatic ring is 1. The second-order valence-electron chi connectivity index (χ2n) is 3.88. The number of hydrogen-bond donors (Lipinski definition) is 1. The number of benzene rings is 1. The van der Waals surface area contributed by atoms with Crippen LogP contribution in [0.1, 0.15) is 20.8 Å². The topological polar surface area (TPSA) is 53.7 Å². The van der Waals surface area contributed by atoms with Crippen molar-refractivity contribution in [3.63, 3.8) is 0 Å². The van der Waals surface area contributed by atoms with E-state index >= 15 is 0 Å². The van der Waals surface area contributed by atoms with Crippen LogP contribution in [0.25, 0.3) is 0 Å². The van der Waals surface area contributed by atoms with Gasteiger partial charge in [0, 0.05) is 6.61 Å². The van der Waals surface area contributed by atoms with Crippen LogP contribution in [0, 0.1) is 0 Å². The molecular formula is C13H21NO3. The molecule has 0 aliphatic carbocycles. The Hall–Kier alpha value is -1.42. The van der Waals surface area contributed by atoms with Gasteiger partial charge < -0.3 is 19.9 Å². The molecule has 2 N–H and O–H groups in total. The summed E-state index contributed by atoms with van der Waals surface area (Å²) in [7, 11) is 0. The zero-order valence-corrected chi connectivity index (χ0v) is 10.7. The monoisotopic (exact) mass is 239 g/mol. The van der Waals surface area contributed by atoms with Crippen LogP contribution in [0.4, 0.5) is 5.69 Å². The summed E-state index contributed by atoms with van der Waals surface area (Å²) in [6.45, 7) is 7.61. The maximum Gasteiger partial charge on any atom is 0.146 e. The van der Waals surface area contributed by atoms with Gasteiger partial charge in [-0.25, -0.2) is 0 Å². The predicted octanol–water partition coefficient (Wildman–Crippen LogP) is 2.47. The van der Waals surface area contributed by atoms with Crippen molar-refractivity contribution in [3.8, 4) is 11.5 Å². The fraction of sp³-hybridized carbons (Fsp3) is 0.538. The van der Waals surface area contributed by atoms with Gasteiger partial charge in [0.05, 0.1) is 12.7 Å². The number of rotatable bonds is 7. The van der Waals surface area contributed by atoms with E-state index in [-0.39, 0.29) is 6.10 Å². The van der Waals surface area contributed by atoms with E-state index in [1.807, 2.05) is 39.0 Å². The lowest BCUT2D eigenvalue weighted by molar-refractivity contribution is 0.110. The van der Waals surface area contributed by atoms with Crippen LogP contribution in [0.3, 0.4) is 0 Å². The Bertz CT molecular complexity index is 339. The van der Waals surface area contributed by atoms with E-state index in [2.05, 4.69) is 0 Å². The Morgan fingerprint density at radius 1 is 1.18 bits per heavy atom. The van der Waals surface area contributed by atoms with Crippen molar-refractivity contribution < 1.29 is 14.2 Å². The third-order valence-electron chi connectivity index (χ3n) is 2.08. The zero-order chi connectivity index (χ0) is 12.7. The van der Waals surface area contributed by atoms with E-state index in [1.165, 1.54) is 0 Å². The van der Waals surface area contributed by atoms with Gasteiger partial charge in [-0.3, -0.25) is 0 Å². The summed E-state index contributed by atoms with van der Waals surface area (Å²) in [4.78, 5) is 0. The highest BCUT2D eigenvalue weighted by Crippen LogP contribution is 2.31. The van der Waals surface area contributed by atoms with Crippen LogP contribution in [0.5, 0.6) is 11.5 Å². The van der Waals surface area contributed by atoms with Crippen molar-refractivity contribution in [3.05, 3.63) is 18.2 Å². The SMILES string of the molecule is CCOCCOc1cccc(OC(C)C)c1N. The lowest BCUT2D eigenvalue weighted by atomic mass is 10.2. The molecule has 0 saturated heterocycles. The molecule has 0 spiro atoms. The normalized spacial score (nSPS) is 10.6. The second kappa shape index (κ2) is 7.01. The van der Waals surface area contributed by atoms with E-state index in [0.717, 1.165) is 0 Å². The average Bonchev–Trinajstić information content (AvgIpc) is 2.28. The minimum atomic E-state index is 0.0935. The number of anilines is 1. The first-order valence-corrected chi connectivity index (χ1v) is 5.90. The lowest BCUT2D eigenvalue weighted by Crippen LogP contribution is -2.10. The van der Waals surface area contributed by atoms with Crippen molar-refractivity contribution in [2.45, 2.75) is 26.9 Å². The van der Waals surface area contributed by atoms with Gasteiger partial charge in [-0.05, 0) is 32.9 Å². The van der Waals surface area contributed by atoms with Crippen molar-refractivity contribution >= 4 is 5.69 Å². The molecule has 0 bridgehead atoms. The molecule has 0 saturated carbocycles. The maximum atomic E-state index is 5.96. The zero-order valence-electron chi connectivity index (χ0n) is 10.7. The average molecular weight is 239 g/mol. The third kappa shape index (κ3) is 4.53. The molecule has 1 aromatic rings. The fourth-order valence-electron chi connectivity index (χ4n) is 1.36. The van der Waals surface area contributed by atoms with E-state index in [9.17, 15) is 0 Å². The van der Waals surface area contributed by atoms with Crippen LogP contribution in [0.15, 0.2) is 18.2 Å². The van der Waals surface area contributed by atoms with Gasteiger partial charge in [-0.15, -0.1) is 0 Å². The predicted molar refractivity (Wildman–Crippen MR) is 68.6 cm³/mol. The number of hydrogen-bond acceptors (Lipinski definition) is 4. The third-order valence-corrected chi connectivity index (χ3v) is 2.08. The molecule has 4 heteroatoms. The van der Waals surface area contributed by atoms with Crippen LogP contribution in [-0.2, 0) is 4.74 Å². The van der Waals surface area contributed by atoms with E-state index < -0.39 is 0 Å². The molecule has 0 amide bonds. The molecule has 0 atom stereocenters. The van der Waals surface area contributed by atoms with Crippen LogP contribution < -0.4 is 15.2 Å². The van der Waals surface area contributed by atoms with Gasteiger partial charge in [0.2, 0.25) is 0 Å². The summed E-state index contributed by atoms with van der Waals surface area (Å²) in [6.07, 6.45) is 0.0935. The van der Waals surface area contributed by atoms with E-state index in [1.54, 1.807) is 0 Å². The molecule has 1 aromatic carbocycles. The summed E-state index contributed by atoms with van der Waals surface area (Å²) in [6, 6.07) is 5.53. The van der Waals surface area contributed by atoms with Gasteiger partial charge in [0.15, 0.2) is 0 Å². The molecule has 96 valence electrons. The molecule has 0 fully saturated rings. The fourth-order valence-corrected chi connectivity index (χ4v) is 1.36. The van der Waals surface area contributed by atoms with Crippen LogP contribution in [-0.4, -0.2) is 25.9 Å². The van der Waals surface area contributed by atoms with Crippen molar-refractivity contribution in [1.82, 2.24) is 0 Å². The first kappa shape index (κ1) is 13.6. The summed E-state index contributed by atoms with van der Waals surface area (Å²) >= 11 is 0. The van der Waals surface area contributed by atoms with Crippen molar-refractivity contribution in [2.75, 3.05) is 25.6 Å². The van der Waals surface area contributed by atoms with Gasteiger partial charge in [-0.2, -0.15) is 0 Å². The number of ether oxygens (including phenoxy) is 3. The van der Waals surface area contributed by atoms with E-state index in [0.29, 0.717) is 37.0 Å². The number of nitrogens with two attached hydrogens (primary N) is 1. The Kier molecular flexibility index (Phi) is 5.63. The Balaban J connectivity index is 2.59. The summed E-state index contributed by atoms with van der Waals surface area (Å²) < 4.78 is 16.3. The summed E-state index contributed by atoms with van der Waals surface area (Å²) in [5, 5.41) is 0. The molecule has 0 unspecified atom stereocenters. The van der Waals surface area contributed by atoms with E-state index in [4.69, 9.17) is 19.9 Å². The van der Waals surface area contributed by atoms with Crippen molar-refractivity contribution in [1.29, 1.82) is 0 Å². The molecule has 0 radical (unpaired) electrons. The largest absolute Gasteiger partial charge is 0.489 e. The van der Waals surface area contributed by atoms with Crippen molar-refractivity contribution in [2.24, 2.45) is 0 Å². The standard InChI is InChI=1S/C13H21NO3/c1-4-15-8-9-16-11-6-5-7-12(13(11)14)17-10(2)3/h5-7,10H,4,8-9,14H2,1-3H3. The molecule has 4 nitrogen and oxygen atoms in total. The Labute approximate surface area is 103 Å². The lowest BCUT2D eigenvalue weighted by Gasteiger charge is -2.15. The van der Waals surface area contributed by atoms with Crippen LogP contribution in [0.2, 0.25) is 0 Å². The minimum absolute atomic E-state index is 0.0935. The first-order valence-electron chi connectivity index (χ1n) is 5.90. The Morgan fingerprint density at radius 3 is 2.53 bits per heavy atom. The first-order chi connectivity index (χ1) is 8.15. The van der Waals surface area contributed by atoms with Gasteiger partial charge in [-0.1, -0.05) is 6.07 Å². The molecule has 0 heterocycles. The maximum absolute atomic E-state index is 5.96. The highest BCUT2D eigenvalue weighted by atomic mass is 16.5. The Morgan fingerprint density at radius 2 is 1.88 bits per heavy atom. The summed E-state index contributed by atoms with van der Waals surface area (Å²) in [5.74, 6) is 1.30. The minimum Gasteiger partial charge on any atom is -0.489 e. The molecular weight excluding hydrogens is 218 g/mol. The smallest absolute Gasteiger partial charge is 0.146 e. The van der Waals surface area contributed by atoms with Gasteiger partial charge in [0.1, 0.15) is 23.8 Å². The molecule has 0 aliphatic rings. The molecule has 0 aliphatic heterocycles. The summed E-state index contributed by atoms with van der Waals surface area (Å²) in [5.41, 5.74) is 6.50. The highest BCUT2D eigenvalue weighted by Gasteiger charge is 2.08. The number of para-hydroxylation sites is 1. The molecule has 1 rings (SSSR count). The highest BCUT2D eigenvalue weighted by molar-refractivity contribution is 5.62. The quantitative estimate of drug-likeness (QED) is 0.586. The van der Waals surface area contributed by atoms with Gasteiger partial charge >= 0.3 is 0 Å². The molecule has 17 heavy (non-hydrogen) atoms. The van der Waals surface area contributed by atoms with Gasteiger partial charge in [0.25, 0.3) is 0 Å². The van der Waals surface area contributed by atoms with Crippen LogP contribution >= 0.6 is 0 Å². The second-order valence-corrected chi connectivity index (χ2v) is 3.88.